The Kier molecular flexibility index (Phi) is 38.3. The molecule has 3 fully saturated rings. The molecule has 3 heterocycles. The Balaban J connectivity index is 0.000000817. The smallest absolute Gasteiger partial charge is 0.341 e. The fourth-order valence-electron chi connectivity index (χ4n) is 12.1. The van der Waals surface area contributed by atoms with Gasteiger partial charge in [0.1, 0.15) is 71.8 Å². The van der Waals surface area contributed by atoms with Crippen LogP contribution in [0.1, 0.15) is 168 Å². The van der Waals surface area contributed by atoms with Gasteiger partial charge < -0.3 is 117 Å². The lowest BCUT2D eigenvalue weighted by molar-refractivity contribution is -0.137. The summed E-state index contributed by atoms with van der Waals surface area (Å²) >= 11 is 0. The molecule has 0 spiro atoms. The molecule has 3 aliphatic rings. The third kappa shape index (κ3) is 28.6. The number of anilines is 1. The highest BCUT2D eigenvalue weighted by molar-refractivity contribution is 6.00. The Morgan fingerprint density at radius 2 is 1.08 bits per heavy atom. The van der Waals surface area contributed by atoms with Gasteiger partial charge in [0.15, 0.2) is 0 Å². The van der Waals surface area contributed by atoms with Crippen LogP contribution in [0, 0.1) is 23.6 Å². The molecule has 2 saturated heterocycles. The summed E-state index contributed by atoms with van der Waals surface area (Å²) in [7, 11) is 0. The van der Waals surface area contributed by atoms with Crippen LogP contribution in [0.25, 0.3) is 10.9 Å². The number of nitrogens with two attached hydrogens (primary N) is 5. The second kappa shape index (κ2) is 45.2. The summed E-state index contributed by atoms with van der Waals surface area (Å²) in [5.74, 6) is -11.2. The zero-order chi connectivity index (χ0) is 79.1. The van der Waals surface area contributed by atoms with Gasteiger partial charge in [-0.2, -0.15) is 0 Å². The number of piperazine rings is 1. The van der Waals surface area contributed by atoms with E-state index in [4.69, 9.17) is 28.7 Å². The fraction of sp³-hybridized carbons (Fsp3) is 0.700. The SMILES string of the molecule is CCC(C)CCCCC(=O)N[C@@H](CCN)C(=O)N[C@H](C(=O)N[C@@H](CCN)C(=O)N[C@H]1CCNC(=O)[C@H]([C@@H](C)O)NC(=O)[C@H](CCN)NC(=O)[C@H](CCN)NC(=O)[C@H](CC(C)C)NC(=O)[C@@H](CC(C)C)NC(=O)[C@H](CCN)NC1=O)[C@@H](C)O.O=C(O)c1cn(C2CC2)c2cc(N3CCNCC3)c(F)cc2c1=O. The van der Waals surface area contributed by atoms with Crippen LogP contribution in [0.2, 0.25) is 0 Å². The number of hydrogen-bond acceptors (Lipinski definition) is 22. The first-order valence-corrected chi connectivity index (χ1v) is 37.0. The molecule has 0 bridgehead atoms. The van der Waals surface area contributed by atoms with Crippen molar-refractivity contribution in [3.8, 4) is 0 Å². The summed E-state index contributed by atoms with van der Waals surface area (Å²) in [6.45, 7) is 15.6. The number of aromatic carboxylic acids is 1. The van der Waals surface area contributed by atoms with Crippen molar-refractivity contribution in [3.05, 3.63) is 39.9 Å². The Hall–Kier alpha value is -8.52. The number of aliphatic hydroxyl groups excluding tert-OH is 2. The summed E-state index contributed by atoms with van der Waals surface area (Å²) in [5.41, 5.74) is 29.4. The van der Waals surface area contributed by atoms with Crippen LogP contribution in [0.3, 0.4) is 0 Å². The quantitative estimate of drug-likeness (QED) is 0.0312. The number of amides is 11. The number of carboxylic acid groups (broad SMARTS) is 1. The van der Waals surface area contributed by atoms with E-state index in [0.29, 0.717) is 36.6 Å². The van der Waals surface area contributed by atoms with Crippen molar-refractivity contribution in [2.45, 2.75) is 230 Å². The highest BCUT2D eigenvalue weighted by atomic mass is 19.1. The van der Waals surface area contributed by atoms with Gasteiger partial charge in [0, 0.05) is 56.8 Å². The molecule has 35 nitrogen and oxygen atoms in total. The molecular weight excluding hydrogens is 1380 g/mol. The van der Waals surface area contributed by atoms with Crippen LogP contribution in [-0.2, 0) is 52.7 Å². The number of carboxylic acids is 1. The van der Waals surface area contributed by atoms with Crippen LogP contribution in [-0.4, -0.2) is 229 Å². The molecule has 5 rings (SSSR count). The first-order chi connectivity index (χ1) is 50.2. The summed E-state index contributed by atoms with van der Waals surface area (Å²) in [6, 6.07) is -11.4. The number of fused-ring (bicyclic) bond motifs is 1. The Bertz CT molecular complexity index is 3350. The predicted octanol–water partition coefficient (Wildman–Crippen LogP) is -3.86. The number of aromatic nitrogens is 1. The monoisotopic (exact) mass is 1500 g/mol. The van der Waals surface area contributed by atoms with Crippen molar-refractivity contribution in [1.29, 1.82) is 0 Å². The molecule has 36 heteroatoms. The number of halogens is 1. The molecule has 1 unspecified atom stereocenters. The van der Waals surface area contributed by atoms with Gasteiger partial charge in [-0.3, -0.25) is 57.5 Å². The van der Waals surface area contributed by atoms with E-state index in [1.165, 1.54) is 26.1 Å². The summed E-state index contributed by atoms with van der Waals surface area (Å²) in [5, 5.41) is 62.1. The summed E-state index contributed by atoms with van der Waals surface area (Å²) in [6.07, 6.45) is 2.53. The van der Waals surface area contributed by atoms with E-state index in [0.717, 1.165) is 45.2 Å². The maximum absolute atomic E-state index is 14.6. The molecule has 0 radical (unpaired) electrons. The van der Waals surface area contributed by atoms with E-state index >= 15 is 0 Å². The molecule has 2 aliphatic heterocycles. The van der Waals surface area contributed by atoms with Crippen molar-refractivity contribution >= 4 is 87.5 Å². The minimum absolute atomic E-state index is 0.0131. The topological polar surface area (TPSA) is 565 Å². The van der Waals surface area contributed by atoms with Crippen molar-refractivity contribution in [2.24, 2.45) is 46.4 Å². The lowest BCUT2D eigenvalue weighted by Crippen LogP contribution is -2.62. The maximum atomic E-state index is 14.6. The minimum Gasteiger partial charge on any atom is -0.477 e. The van der Waals surface area contributed by atoms with Gasteiger partial charge in [-0.25, -0.2) is 9.18 Å². The average molecular weight is 1500 g/mol. The van der Waals surface area contributed by atoms with Crippen LogP contribution in [0.5, 0.6) is 0 Å². The molecule has 1 saturated carbocycles. The third-order valence-electron chi connectivity index (χ3n) is 18.4. The lowest BCUT2D eigenvalue weighted by atomic mass is 9.99. The minimum atomic E-state index is -1.69. The van der Waals surface area contributed by atoms with Crippen LogP contribution >= 0.6 is 0 Å². The maximum Gasteiger partial charge on any atom is 0.341 e. The van der Waals surface area contributed by atoms with Gasteiger partial charge in [-0.05, 0) is 147 Å². The van der Waals surface area contributed by atoms with Gasteiger partial charge in [-0.1, -0.05) is 60.8 Å². The van der Waals surface area contributed by atoms with Crippen molar-refractivity contribution in [1.82, 2.24) is 68.4 Å². The van der Waals surface area contributed by atoms with Crippen molar-refractivity contribution in [3.63, 3.8) is 0 Å². The number of nitrogens with one attached hydrogen (secondary N) is 12. The largest absolute Gasteiger partial charge is 0.477 e. The standard InChI is InChI=1S/C53H100N16O13.C17H18FN3O3/c1-9-30(6)12-10-11-13-41(72)60-33(14-20-54)48(77)69-43(32(8)71)53(82)65-36(17-23-57)45(74)64-38-19-25-59-52(81)42(31(7)70)68-49(78)37(18-24-58)62-44(73)34(15-21-55)63-50(79)39(26-28(2)3)67-51(80)40(27-29(4)5)66-46(75)35(16-22-56)61-47(38)76;18-13-7-11-14(8-15(13)20-5-3-19-4-6-20)21(10-1-2-10)9-12(16(11)22)17(23)24/h28-40,42-43,70-71H,9-27,54-58H2,1-8H3,(H,59,81)(H,60,72)(H,61,76)(H,62,73)(H,63,79)(H,64,74)(H,65,82)(H,66,75)(H,67,80)(H,68,78)(H,69,77);7-10,19H,1-6H2,(H,23,24)/t30?,31-,32-,33+,34+,35+,36+,37+,38+,39+,40-,42+,43+;/m1./s1. The van der Waals surface area contributed by atoms with Gasteiger partial charge in [0.05, 0.1) is 23.4 Å². The number of hydrogen-bond donors (Lipinski definition) is 20. The highest BCUT2D eigenvalue weighted by Gasteiger charge is 2.38. The van der Waals surface area contributed by atoms with Crippen molar-refractivity contribution < 1.29 is 77.2 Å². The number of benzene rings is 1. The van der Waals surface area contributed by atoms with Gasteiger partial charge in [-0.15, -0.1) is 0 Å². The van der Waals surface area contributed by atoms with Crippen LogP contribution < -0.4 is 103 Å². The van der Waals surface area contributed by atoms with Gasteiger partial charge in [0.2, 0.25) is 70.4 Å². The molecule has 106 heavy (non-hydrogen) atoms. The zero-order valence-corrected chi connectivity index (χ0v) is 62.5. The number of aliphatic hydroxyl groups is 2. The number of rotatable bonds is 32. The van der Waals surface area contributed by atoms with Crippen LogP contribution in [0.15, 0.2) is 23.1 Å². The second-order valence-corrected chi connectivity index (χ2v) is 28.4. The first kappa shape index (κ1) is 89.9. The Morgan fingerprint density at radius 1 is 0.585 bits per heavy atom. The molecule has 25 N–H and O–H groups in total. The average Bonchev–Trinajstić information content (AvgIpc) is 1.30. The van der Waals surface area contributed by atoms with E-state index in [9.17, 15) is 82.0 Å². The normalized spacial score (nSPS) is 22.2. The Labute approximate surface area is 617 Å². The number of carbonyl (C=O) groups excluding carboxylic acids is 11. The van der Waals surface area contributed by atoms with E-state index in [2.05, 4.69) is 77.6 Å². The highest BCUT2D eigenvalue weighted by Crippen LogP contribution is 2.38. The van der Waals surface area contributed by atoms with Crippen LogP contribution in [0.4, 0.5) is 10.1 Å². The third-order valence-corrected chi connectivity index (χ3v) is 18.4. The number of pyridine rings is 1. The molecule has 2 aromatic rings. The molecule has 596 valence electrons. The Morgan fingerprint density at radius 3 is 1.56 bits per heavy atom. The van der Waals surface area contributed by atoms with E-state index in [-0.39, 0.29) is 113 Å². The van der Waals surface area contributed by atoms with E-state index in [1.54, 1.807) is 33.8 Å². The fourth-order valence-corrected chi connectivity index (χ4v) is 12.1. The summed E-state index contributed by atoms with van der Waals surface area (Å²) < 4.78 is 16.4. The molecule has 1 aromatic heterocycles. The van der Waals surface area contributed by atoms with Gasteiger partial charge in [0.25, 0.3) is 0 Å². The number of nitrogens with zero attached hydrogens (tertiary/aromatic N) is 2. The predicted molar refractivity (Wildman–Crippen MR) is 394 cm³/mol. The summed E-state index contributed by atoms with van der Waals surface area (Å²) in [4.78, 5) is 178. The second-order valence-electron chi connectivity index (χ2n) is 28.4. The lowest BCUT2D eigenvalue weighted by Gasteiger charge is -2.30. The van der Waals surface area contributed by atoms with E-state index < -0.39 is 168 Å². The molecule has 1 aliphatic carbocycles. The van der Waals surface area contributed by atoms with Crippen molar-refractivity contribution in [2.75, 3.05) is 70.3 Å². The molecule has 1 aromatic carbocycles. The van der Waals surface area contributed by atoms with E-state index in [1.807, 2.05) is 9.47 Å². The number of unbranched alkanes of at least 4 members (excludes halogenated alkanes) is 1. The van der Waals surface area contributed by atoms with Gasteiger partial charge >= 0.3 is 5.97 Å². The zero-order valence-electron chi connectivity index (χ0n) is 62.5. The molecular formula is C70H118FN19O16. The first-order valence-electron chi connectivity index (χ1n) is 37.0. The molecule has 13 atom stereocenters. The molecule has 11 amide bonds. The number of carbonyl (C=O) groups is 12.